The number of methoxy groups -OCH3 is 1. The fourth-order valence-electron chi connectivity index (χ4n) is 6.16. The standard InChI is InChI=1S/C27H32B3N5O2/c1-34-25(26(32-33-34)27(28,29)30)18-14-20-23(31-15-18)22-19(8-9-21(22)36-2)35(20)24(16-6-4-3-5-7-16)17-10-12-37-13-11-17/h3-9,14-15,17,19,24H,10-13,28-30H2,1-2H3/t19?,24-/m1/s1. The van der Waals surface area contributed by atoms with E-state index in [2.05, 4.69) is 87.3 Å². The van der Waals surface area contributed by atoms with Gasteiger partial charge in [0.25, 0.3) is 0 Å². The zero-order valence-corrected chi connectivity index (χ0v) is 22.3. The van der Waals surface area contributed by atoms with Crippen LogP contribution in [0, 0.1) is 5.92 Å². The van der Waals surface area contributed by atoms with Crippen molar-refractivity contribution in [1.82, 2.24) is 20.0 Å². The predicted molar refractivity (Wildman–Crippen MR) is 154 cm³/mol. The van der Waals surface area contributed by atoms with Gasteiger partial charge in [-0.1, -0.05) is 46.7 Å². The molecule has 1 fully saturated rings. The molecule has 0 saturated carbocycles. The first-order valence-corrected chi connectivity index (χ1v) is 13.2. The number of rotatable bonds is 6. The maximum absolute atomic E-state index is 5.83. The molecule has 0 radical (unpaired) electrons. The third-order valence-corrected chi connectivity index (χ3v) is 7.88. The van der Waals surface area contributed by atoms with Crippen LogP contribution in [-0.2, 0) is 21.6 Å². The lowest BCUT2D eigenvalue weighted by molar-refractivity contribution is 0.0572. The molecule has 0 amide bonds. The molecule has 186 valence electrons. The molecule has 2 aliphatic heterocycles. The zero-order chi connectivity index (χ0) is 25.7. The maximum atomic E-state index is 5.83. The third-order valence-electron chi connectivity index (χ3n) is 7.88. The lowest BCUT2D eigenvalue weighted by Gasteiger charge is -2.41. The first kappa shape index (κ1) is 24.1. The Labute approximate surface area is 221 Å². The number of ether oxygens (including phenoxy) is 2. The smallest absolute Gasteiger partial charge is 0.126 e. The van der Waals surface area contributed by atoms with Gasteiger partial charge in [-0.25, -0.2) is 4.68 Å². The van der Waals surface area contributed by atoms with Gasteiger partial charge in [0.05, 0.1) is 65.5 Å². The molecule has 1 aliphatic carbocycles. The quantitative estimate of drug-likeness (QED) is 0.483. The lowest BCUT2D eigenvalue weighted by atomic mass is 9.41. The fourth-order valence-corrected chi connectivity index (χ4v) is 6.16. The average molecular weight is 491 g/mol. The van der Waals surface area contributed by atoms with Crippen molar-refractivity contribution in [2.24, 2.45) is 13.0 Å². The van der Waals surface area contributed by atoms with Gasteiger partial charge in [0.1, 0.15) is 5.76 Å². The molecule has 37 heavy (non-hydrogen) atoms. The minimum absolute atomic E-state index is 0.0764. The molecule has 2 aromatic heterocycles. The zero-order valence-electron chi connectivity index (χ0n) is 22.3. The van der Waals surface area contributed by atoms with Crippen LogP contribution in [0.25, 0.3) is 16.8 Å². The molecule has 3 aromatic rings. The summed E-state index contributed by atoms with van der Waals surface area (Å²) in [5.41, 5.74) is 7.62. The highest BCUT2D eigenvalue weighted by molar-refractivity contribution is 6.59. The molecule has 1 aromatic carbocycles. The predicted octanol–water partition coefficient (Wildman–Crippen LogP) is 1.17. The second-order valence-electron chi connectivity index (χ2n) is 11.3. The molecule has 6 rings (SSSR count). The Morgan fingerprint density at radius 1 is 1.14 bits per heavy atom. The lowest BCUT2D eigenvalue weighted by Crippen LogP contribution is -2.39. The number of anilines is 1. The number of fused-ring (bicyclic) bond motifs is 3. The molecule has 2 atom stereocenters. The van der Waals surface area contributed by atoms with Gasteiger partial charge in [-0.15, -0.1) is 5.10 Å². The Morgan fingerprint density at radius 3 is 2.59 bits per heavy atom. The Hall–Kier alpha value is -3.26. The van der Waals surface area contributed by atoms with Crippen molar-refractivity contribution in [1.29, 1.82) is 0 Å². The van der Waals surface area contributed by atoms with Crippen LogP contribution in [0.3, 0.4) is 0 Å². The first-order chi connectivity index (χ1) is 17.9. The Balaban J connectivity index is 1.55. The van der Waals surface area contributed by atoms with Crippen LogP contribution in [0.15, 0.2) is 60.5 Å². The molecule has 0 spiro atoms. The molecule has 0 bridgehead atoms. The van der Waals surface area contributed by atoms with Crippen LogP contribution in [0.1, 0.15) is 35.8 Å². The van der Waals surface area contributed by atoms with E-state index < -0.39 is 0 Å². The normalized spacial score (nSPS) is 20.3. The summed E-state index contributed by atoms with van der Waals surface area (Å²) < 4.78 is 13.5. The monoisotopic (exact) mass is 491 g/mol. The van der Waals surface area contributed by atoms with E-state index in [4.69, 9.17) is 14.5 Å². The van der Waals surface area contributed by atoms with Crippen molar-refractivity contribution in [3.05, 3.63) is 77.5 Å². The Morgan fingerprint density at radius 2 is 1.89 bits per heavy atom. The highest BCUT2D eigenvalue weighted by atomic mass is 16.5. The maximum Gasteiger partial charge on any atom is 0.126 e. The number of aryl methyl sites for hydroxylation is 1. The Bertz CT molecular complexity index is 1380. The summed E-state index contributed by atoms with van der Waals surface area (Å²) in [7, 11) is 10.2. The van der Waals surface area contributed by atoms with Crippen LogP contribution in [-0.4, -0.2) is 69.9 Å². The molecule has 4 heterocycles. The molecule has 1 saturated heterocycles. The van der Waals surface area contributed by atoms with Gasteiger partial charge >= 0.3 is 0 Å². The van der Waals surface area contributed by atoms with Crippen molar-refractivity contribution in [2.45, 2.75) is 30.0 Å². The SMILES string of the molecule is BC(B)(B)c1nnn(C)c1-c1cnc2c(c1)N([C@H](c1ccccc1)C1CCOCC1)C1C=CC(OC)=C21. The van der Waals surface area contributed by atoms with E-state index in [0.29, 0.717) is 5.92 Å². The third kappa shape index (κ3) is 4.02. The van der Waals surface area contributed by atoms with Crippen molar-refractivity contribution in [2.75, 3.05) is 25.2 Å². The number of pyridine rings is 1. The largest absolute Gasteiger partial charge is 0.496 e. The van der Waals surface area contributed by atoms with Crippen LogP contribution in [0.5, 0.6) is 0 Å². The van der Waals surface area contributed by atoms with Gasteiger partial charge in [-0.05, 0) is 36.5 Å². The van der Waals surface area contributed by atoms with Gasteiger partial charge in [-0.3, -0.25) is 4.98 Å². The van der Waals surface area contributed by atoms with E-state index in [9.17, 15) is 0 Å². The molecule has 10 heteroatoms. The van der Waals surface area contributed by atoms with Crippen molar-refractivity contribution in [3.8, 4) is 11.3 Å². The van der Waals surface area contributed by atoms with Crippen molar-refractivity contribution in [3.63, 3.8) is 0 Å². The minimum Gasteiger partial charge on any atom is -0.496 e. The summed E-state index contributed by atoms with van der Waals surface area (Å²) in [5.74, 6) is 1.36. The fraction of sp³-hybridized carbons (Fsp3) is 0.370. The number of allylic oxidation sites excluding steroid dienone is 1. The van der Waals surface area contributed by atoms with E-state index in [0.717, 1.165) is 65.7 Å². The van der Waals surface area contributed by atoms with Crippen molar-refractivity contribution < 1.29 is 9.47 Å². The summed E-state index contributed by atoms with van der Waals surface area (Å²) in [6, 6.07) is 13.5. The van der Waals surface area contributed by atoms with Crippen LogP contribution in [0.2, 0.25) is 0 Å². The van der Waals surface area contributed by atoms with Crippen LogP contribution in [0.4, 0.5) is 5.69 Å². The van der Waals surface area contributed by atoms with E-state index >= 15 is 0 Å². The summed E-state index contributed by atoms with van der Waals surface area (Å²) in [6.07, 6.45) is 8.39. The van der Waals surface area contributed by atoms with Gasteiger partial charge in [0.2, 0.25) is 0 Å². The Kier molecular flexibility index (Phi) is 6.02. The topological polar surface area (TPSA) is 65.3 Å². The van der Waals surface area contributed by atoms with Gasteiger partial charge < -0.3 is 14.4 Å². The summed E-state index contributed by atoms with van der Waals surface area (Å²) in [6.45, 7) is 1.60. The van der Waals surface area contributed by atoms with Crippen LogP contribution >= 0.6 is 0 Å². The highest BCUT2D eigenvalue weighted by Crippen LogP contribution is 2.52. The van der Waals surface area contributed by atoms with Crippen LogP contribution < -0.4 is 4.90 Å². The van der Waals surface area contributed by atoms with Crippen molar-refractivity contribution >= 4 is 34.8 Å². The molecule has 1 unspecified atom stereocenters. The molecular formula is C27H32B3N5O2. The van der Waals surface area contributed by atoms with E-state index in [-0.39, 0.29) is 17.2 Å². The van der Waals surface area contributed by atoms with E-state index in [1.807, 2.05) is 17.9 Å². The summed E-state index contributed by atoms with van der Waals surface area (Å²) in [4.78, 5) is 7.66. The second kappa shape index (κ2) is 9.24. The number of hydrogen-bond donors (Lipinski definition) is 0. The molecule has 3 aliphatic rings. The summed E-state index contributed by atoms with van der Waals surface area (Å²) >= 11 is 0. The van der Waals surface area contributed by atoms with Gasteiger partial charge in [0.15, 0.2) is 0 Å². The van der Waals surface area contributed by atoms with Gasteiger partial charge in [-0.2, -0.15) is 0 Å². The molecule has 0 N–H and O–H groups in total. The van der Waals surface area contributed by atoms with Gasteiger partial charge in [0, 0.05) is 37.6 Å². The van der Waals surface area contributed by atoms with E-state index in [1.54, 1.807) is 7.11 Å². The summed E-state index contributed by atoms with van der Waals surface area (Å²) in [5, 5.41) is 8.78. The average Bonchev–Trinajstić information content (AvgIpc) is 3.58. The van der Waals surface area contributed by atoms with E-state index in [1.165, 1.54) is 5.56 Å². The highest BCUT2D eigenvalue weighted by Gasteiger charge is 2.45. The molecule has 7 nitrogen and oxygen atoms in total. The number of hydrogen-bond acceptors (Lipinski definition) is 6. The first-order valence-electron chi connectivity index (χ1n) is 13.2. The number of aromatic nitrogens is 4. The number of benzene rings is 1. The second-order valence-corrected chi connectivity index (χ2v) is 11.3. The number of nitrogens with zero attached hydrogens (tertiary/aromatic N) is 5. The minimum atomic E-state index is -0.137. The molecular weight excluding hydrogens is 459 g/mol.